The zero-order valence-corrected chi connectivity index (χ0v) is 10.7. The van der Waals surface area contributed by atoms with Gasteiger partial charge in [0, 0.05) is 6.04 Å². The molecule has 0 radical (unpaired) electrons. The van der Waals surface area contributed by atoms with Gasteiger partial charge in [-0.05, 0) is 54.5 Å². The molecule has 92 valence electrons. The maximum absolute atomic E-state index is 5.77. The quantitative estimate of drug-likeness (QED) is 0.864. The second-order valence-electron chi connectivity index (χ2n) is 5.59. The smallest absolute Gasteiger partial charge is 0.197 e. The first-order valence-corrected chi connectivity index (χ1v) is 7.12. The number of hydrogen-bond donors (Lipinski definition) is 2. The van der Waals surface area contributed by atoms with Crippen LogP contribution >= 0.6 is 11.5 Å². The van der Waals surface area contributed by atoms with Crippen molar-refractivity contribution in [1.29, 1.82) is 0 Å². The Morgan fingerprint density at radius 2 is 2.06 bits per heavy atom. The van der Waals surface area contributed by atoms with Gasteiger partial charge in [-0.3, -0.25) is 0 Å². The number of rotatable bonds is 3. The summed E-state index contributed by atoms with van der Waals surface area (Å²) in [6.45, 7) is 0. The molecule has 0 aromatic carbocycles. The predicted molar refractivity (Wildman–Crippen MR) is 68.3 cm³/mol. The molecular formula is C12H17N3OS. The Bertz CT molecular complexity index is 445. The molecule has 17 heavy (non-hydrogen) atoms. The molecule has 0 amide bonds. The second kappa shape index (κ2) is 3.28. The van der Waals surface area contributed by atoms with Gasteiger partial charge < -0.3 is 15.8 Å². The highest BCUT2D eigenvalue weighted by Gasteiger charge is 2.65. The summed E-state index contributed by atoms with van der Waals surface area (Å²) in [4.78, 5) is 0. The number of ether oxygens (including phenoxy) is 1. The molecule has 1 heterocycles. The summed E-state index contributed by atoms with van der Waals surface area (Å²) in [6, 6.07) is 0.662. The summed E-state index contributed by atoms with van der Waals surface area (Å²) in [5.74, 6) is 5.04. The van der Waals surface area contributed by atoms with Crippen molar-refractivity contribution in [1.82, 2.24) is 4.37 Å². The summed E-state index contributed by atoms with van der Waals surface area (Å²) >= 11 is 1.42. The molecular weight excluding hydrogens is 234 g/mol. The highest BCUT2D eigenvalue weighted by Crippen LogP contribution is 2.66. The van der Waals surface area contributed by atoms with Crippen molar-refractivity contribution in [3.05, 3.63) is 0 Å². The third kappa shape index (κ3) is 1.26. The SMILES string of the molecule is COc1c(N)nsc1NC1C2C3CCC(C3)C12. The van der Waals surface area contributed by atoms with E-state index in [4.69, 9.17) is 10.5 Å². The third-order valence-electron chi connectivity index (χ3n) is 4.91. The van der Waals surface area contributed by atoms with Crippen LogP contribution in [0.1, 0.15) is 19.3 Å². The molecule has 5 heteroatoms. The number of methoxy groups -OCH3 is 1. The van der Waals surface area contributed by atoms with Crippen LogP contribution in [0.15, 0.2) is 0 Å². The van der Waals surface area contributed by atoms with Gasteiger partial charge in [-0.25, -0.2) is 0 Å². The summed E-state index contributed by atoms with van der Waals surface area (Å²) < 4.78 is 9.44. The predicted octanol–water partition coefficient (Wildman–Crippen LogP) is 2.19. The molecule has 0 aliphatic heterocycles. The molecule has 0 spiro atoms. The van der Waals surface area contributed by atoms with Gasteiger partial charge in [0.05, 0.1) is 7.11 Å². The van der Waals surface area contributed by atoms with Crippen molar-refractivity contribution in [2.75, 3.05) is 18.2 Å². The second-order valence-corrected chi connectivity index (χ2v) is 6.36. The van der Waals surface area contributed by atoms with E-state index in [0.717, 1.165) is 34.4 Å². The Hall–Kier alpha value is -0.970. The highest BCUT2D eigenvalue weighted by atomic mass is 32.1. The zero-order valence-electron chi connectivity index (χ0n) is 9.85. The van der Waals surface area contributed by atoms with E-state index in [-0.39, 0.29) is 0 Å². The maximum Gasteiger partial charge on any atom is 0.197 e. The average molecular weight is 251 g/mol. The van der Waals surface area contributed by atoms with Crippen LogP contribution in [0.2, 0.25) is 0 Å². The van der Waals surface area contributed by atoms with Gasteiger partial charge in [0.25, 0.3) is 0 Å². The van der Waals surface area contributed by atoms with Crippen LogP contribution in [-0.4, -0.2) is 17.5 Å². The Kier molecular flexibility index (Phi) is 1.93. The van der Waals surface area contributed by atoms with Crippen molar-refractivity contribution in [3.63, 3.8) is 0 Å². The molecule has 4 rings (SSSR count). The molecule has 0 saturated heterocycles. The minimum absolute atomic E-state index is 0.508. The lowest BCUT2D eigenvalue weighted by molar-refractivity contribution is 0.419. The first kappa shape index (κ1) is 10.00. The average Bonchev–Trinajstić information content (AvgIpc) is 2.71. The van der Waals surface area contributed by atoms with Crippen LogP contribution in [0.5, 0.6) is 5.75 Å². The highest BCUT2D eigenvalue weighted by molar-refractivity contribution is 7.11. The molecule has 4 nitrogen and oxygen atoms in total. The van der Waals surface area contributed by atoms with E-state index in [0.29, 0.717) is 11.9 Å². The standard InChI is InChI=1S/C12H17N3OS/c1-16-10-11(13)15-17-12(10)14-9-7-5-2-3-6(4-5)8(7)9/h5-9,14H,2-4H2,1H3,(H2,13,15). The monoisotopic (exact) mass is 251 g/mol. The minimum atomic E-state index is 0.508. The van der Waals surface area contributed by atoms with Crippen LogP contribution in [0.3, 0.4) is 0 Å². The lowest BCUT2D eigenvalue weighted by Crippen LogP contribution is -2.12. The minimum Gasteiger partial charge on any atom is -0.490 e. The summed E-state index contributed by atoms with van der Waals surface area (Å²) in [5.41, 5.74) is 5.77. The zero-order chi connectivity index (χ0) is 11.6. The van der Waals surface area contributed by atoms with Gasteiger partial charge in [-0.15, -0.1) is 0 Å². The number of hydrogen-bond acceptors (Lipinski definition) is 5. The summed E-state index contributed by atoms with van der Waals surface area (Å²) in [6.07, 6.45) is 4.38. The molecule has 3 aliphatic carbocycles. The number of fused-ring (bicyclic) bond motifs is 5. The lowest BCUT2D eigenvalue weighted by atomic mass is 10.0. The Morgan fingerprint density at radius 3 is 2.71 bits per heavy atom. The van der Waals surface area contributed by atoms with Crippen molar-refractivity contribution < 1.29 is 4.74 Å². The normalized spacial score (nSPS) is 41.4. The van der Waals surface area contributed by atoms with E-state index in [1.54, 1.807) is 7.11 Å². The lowest BCUT2D eigenvalue weighted by Gasteiger charge is -2.11. The van der Waals surface area contributed by atoms with Gasteiger partial charge >= 0.3 is 0 Å². The third-order valence-corrected chi connectivity index (χ3v) is 5.69. The van der Waals surface area contributed by atoms with Crippen molar-refractivity contribution in [3.8, 4) is 5.75 Å². The number of nitrogens with two attached hydrogens (primary N) is 1. The molecule has 4 atom stereocenters. The molecule has 3 fully saturated rings. The van der Waals surface area contributed by atoms with Gasteiger partial charge in [0.2, 0.25) is 0 Å². The summed E-state index contributed by atoms with van der Waals surface area (Å²) in [5, 5.41) is 4.63. The van der Waals surface area contributed by atoms with Crippen LogP contribution < -0.4 is 15.8 Å². The van der Waals surface area contributed by atoms with E-state index >= 15 is 0 Å². The van der Waals surface area contributed by atoms with Gasteiger partial charge in [-0.1, -0.05) is 0 Å². The fourth-order valence-electron chi connectivity index (χ4n) is 4.25. The number of aromatic nitrogens is 1. The Balaban J connectivity index is 1.52. The van der Waals surface area contributed by atoms with Crippen LogP contribution in [0.25, 0.3) is 0 Å². The first-order valence-electron chi connectivity index (χ1n) is 6.35. The fourth-order valence-corrected chi connectivity index (χ4v) is 4.99. The maximum atomic E-state index is 5.77. The molecule has 1 aromatic heterocycles. The molecule has 2 bridgehead atoms. The van der Waals surface area contributed by atoms with Gasteiger partial charge in [-0.2, -0.15) is 4.37 Å². The largest absolute Gasteiger partial charge is 0.490 e. The van der Waals surface area contributed by atoms with E-state index in [1.165, 1.54) is 30.8 Å². The molecule has 3 aliphatic rings. The number of anilines is 2. The van der Waals surface area contributed by atoms with Crippen molar-refractivity contribution in [2.24, 2.45) is 23.7 Å². The number of nitrogens with zero attached hydrogens (tertiary/aromatic N) is 1. The molecule has 3 N–H and O–H groups in total. The van der Waals surface area contributed by atoms with Crippen molar-refractivity contribution >= 4 is 22.4 Å². The Morgan fingerprint density at radius 1 is 1.35 bits per heavy atom. The van der Waals surface area contributed by atoms with Crippen LogP contribution in [0.4, 0.5) is 10.8 Å². The van der Waals surface area contributed by atoms with Crippen LogP contribution in [0, 0.1) is 23.7 Å². The number of nitrogen functional groups attached to an aromatic ring is 1. The van der Waals surface area contributed by atoms with Crippen LogP contribution in [-0.2, 0) is 0 Å². The van der Waals surface area contributed by atoms with Gasteiger partial charge in [0.15, 0.2) is 16.6 Å². The number of nitrogens with one attached hydrogen (secondary N) is 1. The van der Waals surface area contributed by atoms with E-state index in [9.17, 15) is 0 Å². The van der Waals surface area contributed by atoms with E-state index in [2.05, 4.69) is 9.69 Å². The van der Waals surface area contributed by atoms with Crippen molar-refractivity contribution in [2.45, 2.75) is 25.3 Å². The van der Waals surface area contributed by atoms with E-state index in [1.807, 2.05) is 0 Å². The molecule has 4 unspecified atom stereocenters. The molecule has 3 saturated carbocycles. The summed E-state index contributed by atoms with van der Waals surface area (Å²) in [7, 11) is 1.66. The van der Waals surface area contributed by atoms with E-state index < -0.39 is 0 Å². The molecule has 1 aromatic rings. The topological polar surface area (TPSA) is 60.2 Å². The Labute approximate surface area is 105 Å². The van der Waals surface area contributed by atoms with Gasteiger partial charge in [0.1, 0.15) is 0 Å². The fraction of sp³-hybridized carbons (Fsp3) is 0.750. The first-order chi connectivity index (χ1) is 8.29.